The predicted octanol–water partition coefficient (Wildman–Crippen LogP) is 4.53. The quantitative estimate of drug-likeness (QED) is 0.782. The zero-order chi connectivity index (χ0) is 12.9. The van der Waals surface area contributed by atoms with Gasteiger partial charge >= 0.3 is 6.18 Å². The SMILES string of the molecule is FC(F)(F)CCCNCc1cc(Cl)ccc1Br. The molecule has 96 valence electrons. The molecule has 0 atom stereocenters. The van der Waals surface area contributed by atoms with Gasteiger partial charge in [-0.3, -0.25) is 0 Å². The topological polar surface area (TPSA) is 12.0 Å². The third-order valence-electron chi connectivity index (χ3n) is 2.14. The number of benzene rings is 1. The van der Waals surface area contributed by atoms with Crippen molar-refractivity contribution in [2.75, 3.05) is 6.54 Å². The Morgan fingerprint density at radius 3 is 2.65 bits per heavy atom. The molecule has 17 heavy (non-hydrogen) atoms. The maximum absolute atomic E-state index is 11.9. The van der Waals surface area contributed by atoms with E-state index in [0.29, 0.717) is 18.1 Å². The van der Waals surface area contributed by atoms with Crippen molar-refractivity contribution in [1.29, 1.82) is 0 Å². The maximum Gasteiger partial charge on any atom is 0.389 e. The van der Waals surface area contributed by atoms with Crippen molar-refractivity contribution in [2.45, 2.75) is 25.6 Å². The molecule has 6 heteroatoms. The van der Waals surface area contributed by atoms with Crippen molar-refractivity contribution in [3.8, 4) is 0 Å². The first-order valence-electron chi connectivity index (χ1n) is 5.10. The van der Waals surface area contributed by atoms with E-state index in [-0.39, 0.29) is 6.42 Å². The van der Waals surface area contributed by atoms with E-state index in [1.807, 2.05) is 6.07 Å². The minimum Gasteiger partial charge on any atom is -0.313 e. The Labute approximate surface area is 111 Å². The number of alkyl halides is 3. The predicted molar refractivity (Wildman–Crippen MR) is 66.1 cm³/mol. The van der Waals surface area contributed by atoms with E-state index in [2.05, 4.69) is 21.2 Å². The fourth-order valence-electron chi connectivity index (χ4n) is 1.32. The van der Waals surface area contributed by atoms with Crippen LogP contribution in [0.2, 0.25) is 5.02 Å². The minimum absolute atomic E-state index is 0.0850. The van der Waals surface area contributed by atoms with E-state index >= 15 is 0 Å². The Kier molecular flexibility index (Phi) is 5.76. The zero-order valence-corrected chi connectivity index (χ0v) is 11.3. The van der Waals surface area contributed by atoms with Gasteiger partial charge in [0.2, 0.25) is 0 Å². The molecule has 0 aromatic heterocycles. The average Bonchev–Trinajstić information content (AvgIpc) is 2.21. The van der Waals surface area contributed by atoms with Gasteiger partial charge in [-0.25, -0.2) is 0 Å². The van der Waals surface area contributed by atoms with Crippen molar-refractivity contribution < 1.29 is 13.2 Å². The molecule has 0 saturated heterocycles. The highest BCUT2D eigenvalue weighted by molar-refractivity contribution is 9.10. The Morgan fingerprint density at radius 2 is 2.00 bits per heavy atom. The van der Waals surface area contributed by atoms with E-state index in [9.17, 15) is 13.2 Å². The number of hydrogen-bond donors (Lipinski definition) is 1. The summed E-state index contributed by atoms with van der Waals surface area (Å²) < 4.78 is 36.5. The molecule has 0 aliphatic carbocycles. The largest absolute Gasteiger partial charge is 0.389 e. The summed E-state index contributed by atoms with van der Waals surface area (Å²) in [5.41, 5.74) is 0.935. The second-order valence-corrected chi connectivity index (χ2v) is 4.92. The van der Waals surface area contributed by atoms with E-state index < -0.39 is 12.6 Å². The Morgan fingerprint density at radius 1 is 1.29 bits per heavy atom. The summed E-state index contributed by atoms with van der Waals surface area (Å²) in [5, 5.41) is 3.57. The van der Waals surface area contributed by atoms with E-state index in [4.69, 9.17) is 11.6 Å². The molecule has 0 spiro atoms. The summed E-state index contributed by atoms with van der Waals surface area (Å²) in [6.45, 7) is 0.831. The van der Waals surface area contributed by atoms with E-state index in [0.717, 1.165) is 10.0 Å². The van der Waals surface area contributed by atoms with Crippen LogP contribution < -0.4 is 5.32 Å². The Balaban J connectivity index is 2.29. The van der Waals surface area contributed by atoms with Gasteiger partial charge in [0.15, 0.2) is 0 Å². The van der Waals surface area contributed by atoms with Crippen LogP contribution in [0.3, 0.4) is 0 Å². The van der Waals surface area contributed by atoms with Gasteiger partial charge in [0, 0.05) is 22.5 Å². The molecular formula is C11H12BrClF3N. The van der Waals surface area contributed by atoms with Crippen LogP contribution in [0.25, 0.3) is 0 Å². The van der Waals surface area contributed by atoms with Gasteiger partial charge in [-0.1, -0.05) is 27.5 Å². The monoisotopic (exact) mass is 329 g/mol. The molecule has 0 aliphatic rings. The third kappa shape index (κ3) is 6.29. The molecule has 1 aromatic rings. The summed E-state index contributed by atoms with van der Waals surface area (Å²) in [6, 6.07) is 5.34. The fourth-order valence-corrected chi connectivity index (χ4v) is 1.90. The van der Waals surface area contributed by atoms with Gasteiger partial charge in [0.1, 0.15) is 0 Å². The first-order valence-corrected chi connectivity index (χ1v) is 6.27. The number of halogens is 5. The second-order valence-electron chi connectivity index (χ2n) is 3.63. The summed E-state index contributed by atoms with van der Waals surface area (Å²) in [5.74, 6) is 0. The van der Waals surface area contributed by atoms with Crippen LogP contribution in [-0.4, -0.2) is 12.7 Å². The molecule has 0 fully saturated rings. The molecule has 0 radical (unpaired) electrons. The molecule has 0 aliphatic heterocycles. The minimum atomic E-state index is -4.07. The highest BCUT2D eigenvalue weighted by Gasteiger charge is 2.25. The molecule has 1 rings (SSSR count). The van der Waals surface area contributed by atoms with Crippen molar-refractivity contribution in [3.05, 3.63) is 33.3 Å². The highest BCUT2D eigenvalue weighted by Crippen LogP contribution is 2.22. The smallest absolute Gasteiger partial charge is 0.313 e. The third-order valence-corrected chi connectivity index (χ3v) is 3.15. The fraction of sp³-hybridized carbons (Fsp3) is 0.455. The Hall–Kier alpha value is -0.260. The molecule has 0 saturated carbocycles. The van der Waals surface area contributed by atoms with Crippen LogP contribution >= 0.6 is 27.5 Å². The van der Waals surface area contributed by atoms with Gasteiger partial charge in [-0.15, -0.1) is 0 Å². The molecule has 0 amide bonds. The lowest BCUT2D eigenvalue weighted by molar-refractivity contribution is -0.135. The first-order chi connectivity index (χ1) is 7.88. The van der Waals surface area contributed by atoms with Crippen molar-refractivity contribution in [2.24, 2.45) is 0 Å². The van der Waals surface area contributed by atoms with Crippen LogP contribution in [0.15, 0.2) is 22.7 Å². The van der Waals surface area contributed by atoms with Gasteiger partial charge in [0.05, 0.1) is 0 Å². The summed E-state index contributed by atoms with van der Waals surface area (Å²) in [4.78, 5) is 0. The van der Waals surface area contributed by atoms with Gasteiger partial charge in [0.25, 0.3) is 0 Å². The van der Waals surface area contributed by atoms with Gasteiger partial charge in [-0.05, 0) is 36.7 Å². The molecule has 0 bridgehead atoms. The van der Waals surface area contributed by atoms with E-state index in [1.54, 1.807) is 12.1 Å². The number of hydrogen-bond acceptors (Lipinski definition) is 1. The summed E-state index contributed by atoms with van der Waals surface area (Å²) in [7, 11) is 0. The molecule has 0 unspecified atom stereocenters. The maximum atomic E-state index is 11.9. The van der Waals surface area contributed by atoms with Crippen molar-refractivity contribution in [1.82, 2.24) is 5.32 Å². The average molecular weight is 331 g/mol. The standard InChI is InChI=1S/C11H12BrClF3N/c12-10-3-2-9(13)6-8(10)7-17-5-1-4-11(14,15)16/h2-3,6,17H,1,4-5,7H2. The van der Waals surface area contributed by atoms with Crippen molar-refractivity contribution in [3.63, 3.8) is 0 Å². The summed E-state index contributed by atoms with van der Waals surface area (Å²) >= 11 is 9.17. The number of nitrogens with one attached hydrogen (secondary N) is 1. The molecule has 1 N–H and O–H groups in total. The van der Waals surface area contributed by atoms with Crippen LogP contribution in [0, 0.1) is 0 Å². The van der Waals surface area contributed by atoms with Crippen LogP contribution in [0.4, 0.5) is 13.2 Å². The lowest BCUT2D eigenvalue weighted by atomic mass is 10.2. The van der Waals surface area contributed by atoms with Crippen LogP contribution in [-0.2, 0) is 6.54 Å². The lowest BCUT2D eigenvalue weighted by Gasteiger charge is -2.08. The zero-order valence-electron chi connectivity index (χ0n) is 8.95. The molecule has 1 nitrogen and oxygen atoms in total. The first kappa shape index (κ1) is 14.8. The number of rotatable bonds is 5. The highest BCUT2D eigenvalue weighted by atomic mass is 79.9. The molecule has 0 heterocycles. The molecular weight excluding hydrogens is 318 g/mol. The van der Waals surface area contributed by atoms with Crippen molar-refractivity contribution >= 4 is 27.5 Å². The van der Waals surface area contributed by atoms with Crippen LogP contribution in [0.5, 0.6) is 0 Å². The normalized spacial score (nSPS) is 11.8. The van der Waals surface area contributed by atoms with Gasteiger partial charge < -0.3 is 5.32 Å². The Bertz CT molecular complexity index is 368. The van der Waals surface area contributed by atoms with E-state index in [1.165, 1.54) is 0 Å². The second kappa shape index (κ2) is 6.61. The van der Waals surface area contributed by atoms with Crippen LogP contribution in [0.1, 0.15) is 18.4 Å². The van der Waals surface area contributed by atoms with Gasteiger partial charge in [-0.2, -0.15) is 13.2 Å². The summed E-state index contributed by atoms with van der Waals surface area (Å²) in [6.07, 6.45) is -4.74. The lowest BCUT2D eigenvalue weighted by Crippen LogP contribution is -2.18. The molecule has 1 aromatic carbocycles.